The van der Waals surface area contributed by atoms with Crippen molar-refractivity contribution in [3.8, 4) is 0 Å². The predicted molar refractivity (Wildman–Crippen MR) is 79.2 cm³/mol. The first-order chi connectivity index (χ1) is 9.02. The Hall–Kier alpha value is -1.23. The molecule has 1 unspecified atom stereocenters. The molecule has 0 bridgehead atoms. The summed E-state index contributed by atoms with van der Waals surface area (Å²) in [4.78, 5) is 0. The van der Waals surface area contributed by atoms with Crippen molar-refractivity contribution in [1.29, 1.82) is 0 Å². The summed E-state index contributed by atoms with van der Waals surface area (Å²) < 4.78 is 15.2. The van der Waals surface area contributed by atoms with Crippen molar-refractivity contribution in [2.45, 2.75) is 19.9 Å². The summed E-state index contributed by atoms with van der Waals surface area (Å²) in [5, 5.41) is 0. The van der Waals surface area contributed by atoms with Crippen LogP contribution in [0.15, 0.2) is 40.9 Å². The van der Waals surface area contributed by atoms with Gasteiger partial charge in [-0.05, 0) is 48.7 Å². The summed E-state index contributed by atoms with van der Waals surface area (Å²) in [7, 11) is 0. The lowest BCUT2D eigenvalue weighted by molar-refractivity contribution is 0.556. The first-order valence-electron chi connectivity index (χ1n) is 6.01. The van der Waals surface area contributed by atoms with E-state index < -0.39 is 0 Å². The van der Waals surface area contributed by atoms with Crippen molar-refractivity contribution in [2.24, 2.45) is 5.84 Å². The number of nitrogens with one attached hydrogen (secondary N) is 1. The summed E-state index contributed by atoms with van der Waals surface area (Å²) in [6, 6.07) is 10.8. The average molecular weight is 323 g/mol. The maximum Gasteiger partial charge on any atom is 0.128 e. The van der Waals surface area contributed by atoms with E-state index in [-0.39, 0.29) is 11.9 Å². The average Bonchev–Trinajstić information content (AvgIpc) is 2.35. The molecule has 0 aliphatic heterocycles. The Balaban J connectivity index is 2.51. The summed E-state index contributed by atoms with van der Waals surface area (Å²) in [6.45, 7) is 3.78. The first-order valence-corrected chi connectivity index (χ1v) is 6.80. The molecule has 2 nitrogen and oxygen atoms in total. The zero-order valence-electron chi connectivity index (χ0n) is 10.9. The van der Waals surface area contributed by atoms with Crippen LogP contribution in [-0.2, 0) is 0 Å². The third kappa shape index (κ3) is 3.03. The minimum absolute atomic E-state index is 0.233. The number of rotatable bonds is 3. The summed E-state index contributed by atoms with van der Waals surface area (Å²) in [6.07, 6.45) is 0. The van der Waals surface area contributed by atoms with Gasteiger partial charge in [0, 0.05) is 10.0 Å². The Kier molecular flexibility index (Phi) is 4.34. The minimum Gasteiger partial charge on any atom is -0.271 e. The number of hydrogen-bond donors (Lipinski definition) is 2. The van der Waals surface area contributed by atoms with Crippen LogP contribution in [0.4, 0.5) is 4.39 Å². The predicted octanol–water partition coefficient (Wildman–Crippen LogP) is 3.76. The second kappa shape index (κ2) is 5.82. The van der Waals surface area contributed by atoms with Crippen LogP contribution in [0.25, 0.3) is 0 Å². The summed E-state index contributed by atoms with van der Waals surface area (Å²) in [5.74, 6) is 5.39. The monoisotopic (exact) mass is 322 g/mol. The van der Waals surface area contributed by atoms with Crippen LogP contribution < -0.4 is 11.3 Å². The Morgan fingerprint density at radius 1 is 1.16 bits per heavy atom. The number of aryl methyl sites for hydroxylation is 2. The van der Waals surface area contributed by atoms with Gasteiger partial charge in [0.1, 0.15) is 5.82 Å². The highest BCUT2D eigenvalue weighted by Crippen LogP contribution is 2.28. The zero-order valence-corrected chi connectivity index (χ0v) is 12.5. The molecule has 0 saturated carbocycles. The Morgan fingerprint density at radius 2 is 1.79 bits per heavy atom. The fourth-order valence-electron chi connectivity index (χ4n) is 2.29. The van der Waals surface area contributed by atoms with Gasteiger partial charge in [-0.2, -0.15) is 0 Å². The van der Waals surface area contributed by atoms with Gasteiger partial charge in [-0.15, -0.1) is 0 Å². The molecule has 0 fully saturated rings. The van der Waals surface area contributed by atoms with Crippen molar-refractivity contribution >= 4 is 15.9 Å². The van der Waals surface area contributed by atoms with Gasteiger partial charge in [0.25, 0.3) is 0 Å². The summed E-state index contributed by atoms with van der Waals surface area (Å²) in [5.41, 5.74) is 6.02. The van der Waals surface area contributed by atoms with Crippen LogP contribution in [0.3, 0.4) is 0 Å². The number of hydrazine groups is 1. The van der Waals surface area contributed by atoms with Gasteiger partial charge in [-0.25, -0.2) is 9.82 Å². The fraction of sp³-hybridized carbons (Fsp3) is 0.200. The van der Waals surface area contributed by atoms with Crippen molar-refractivity contribution in [3.05, 3.63) is 68.9 Å². The van der Waals surface area contributed by atoms with Crippen LogP contribution in [0.1, 0.15) is 28.3 Å². The highest BCUT2D eigenvalue weighted by Gasteiger charge is 2.19. The molecule has 3 N–H and O–H groups in total. The third-order valence-corrected chi connectivity index (χ3v) is 3.67. The van der Waals surface area contributed by atoms with Gasteiger partial charge in [0.05, 0.1) is 6.04 Å². The van der Waals surface area contributed by atoms with Gasteiger partial charge in [0.15, 0.2) is 0 Å². The molecule has 0 saturated heterocycles. The molecular weight excluding hydrogens is 307 g/mol. The number of nitrogens with two attached hydrogens (primary N) is 1. The van der Waals surface area contributed by atoms with Gasteiger partial charge >= 0.3 is 0 Å². The maximum absolute atomic E-state index is 14.2. The number of benzene rings is 2. The topological polar surface area (TPSA) is 38.0 Å². The highest BCUT2D eigenvalue weighted by atomic mass is 79.9. The SMILES string of the molecule is Cc1cc(C)c(C(NN)c2ccc(Br)cc2)c(F)c1. The molecule has 2 aromatic carbocycles. The summed E-state index contributed by atoms with van der Waals surface area (Å²) >= 11 is 3.39. The van der Waals surface area contributed by atoms with Gasteiger partial charge in [-0.1, -0.05) is 34.1 Å². The van der Waals surface area contributed by atoms with Crippen molar-refractivity contribution in [1.82, 2.24) is 5.43 Å². The minimum atomic E-state index is -0.353. The molecule has 1 atom stereocenters. The molecule has 0 spiro atoms. The largest absolute Gasteiger partial charge is 0.271 e. The third-order valence-electron chi connectivity index (χ3n) is 3.14. The maximum atomic E-state index is 14.2. The number of halogens is 2. The molecule has 0 aliphatic carbocycles. The molecule has 0 aliphatic rings. The van der Waals surface area contributed by atoms with Crippen molar-refractivity contribution in [2.75, 3.05) is 0 Å². The quantitative estimate of drug-likeness (QED) is 0.667. The number of hydrogen-bond acceptors (Lipinski definition) is 2. The Bertz CT molecular complexity index is 558. The lowest BCUT2D eigenvalue weighted by atomic mass is 9.94. The van der Waals surface area contributed by atoms with Crippen LogP contribution in [-0.4, -0.2) is 0 Å². The standard InChI is InChI=1S/C15H16BrFN2/c1-9-7-10(2)14(13(17)8-9)15(19-18)11-3-5-12(16)6-4-11/h3-8,15,19H,18H2,1-2H3. The van der Waals surface area contributed by atoms with Gasteiger partial charge in [-0.3, -0.25) is 5.84 Å². The van der Waals surface area contributed by atoms with Gasteiger partial charge in [0.2, 0.25) is 0 Å². The van der Waals surface area contributed by atoms with E-state index in [9.17, 15) is 4.39 Å². The van der Waals surface area contributed by atoms with E-state index in [1.807, 2.05) is 44.2 Å². The molecule has 4 heteroatoms. The Morgan fingerprint density at radius 3 is 2.32 bits per heavy atom. The molecule has 0 amide bonds. The highest BCUT2D eigenvalue weighted by molar-refractivity contribution is 9.10. The van der Waals surface area contributed by atoms with E-state index in [2.05, 4.69) is 21.4 Å². The molecular formula is C15H16BrFN2. The zero-order chi connectivity index (χ0) is 14.0. The second-order valence-electron chi connectivity index (χ2n) is 4.63. The lowest BCUT2D eigenvalue weighted by Crippen LogP contribution is -2.30. The van der Waals surface area contributed by atoms with E-state index in [1.54, 1.807) is 0 Å². The fourth-order valence-corrected chi connectivity index (χ4v) is 2.56. The molecule has 19 heavy (non-hydrogen) atoms. The first kappa shape index (κ1) is 14.2. The van der Waals surface area contributed by atoms with E-state index in [0.717, 1.165) is 21.2 Å². The Labute approximate surface area is 120 Å². The van der Waals surface area contributed by atoms with E-state index in [4.69, 9.17) is 5.84 Å². The molecule has 2 rings (SSSR count). The van der Waals surface area contributed by atoms with Crippen LogP contribution in [0.2, 0.25) is 0 Å². The van der Waals surface area contributed by atoms with E-state index in [1.165, 1.54) is 6.07 Å². The van der Waals surface area contributed by atoms with Crippen LogP contribution in [0.5, 0.6) is 0 Å². The lowest BCUT2D eigenvalue weighted by Gasteiger charge is -2.20. The van der Waals surface area contributed by atoms with Crippen LogP contribution >= 0.6 is 15.9 Å². The molecule has 100 valence electrons. The van der Waals surface area contributed by atoms with Crippen molar-refractivity contribution < 1.29 is 4.39 Å². The molecule has 0 radical (unpaired) electrons. The second-order valence-corrected chi connectivity index (χ2v) is 5.54. The molecule has 0 heterocycles. The van der Waals surface area contributed by atoms with E-state index >= 15 is 0 Å². The van der Waals surface area contributed by atoms with Crippen molar-refractivity contribution in [3.63, 3.8) is 0 Å². The molecule has 0 aromatic heterocycles. The smallest absolute Gasteiger partial charge is 0.128 e. The van der Waals surface area contributed by atoms with Crippen LogP contribution in [0, 0.1) is 19.7 Å². The van der Waals surface area contributed by atoms with E-state index in [0.29, 0.717) is 5.56 Å². The normalized spacial score (nSPS) is 12.5. The van der Waals surface area contributed by atoms with Gasteiger partial charge < -0.3 is 0 Å². The molecule has 2 aromatic rings.